The molecule has 108 valence electrons. The van der Waals surface area contributed by atoms with Gasteiger partial charge in [-0.3, -0.25) is 0 Å². The molecule has 0 spiro atoms. The lowest BCUT2D eigenvalue weighted by atomic mass is 9.98. The van der Waals surface area contributed by atoms with Gasteiger partial charge in [-0.15, -0.1) is 0 Å². The second kappa shape index (κ2) is 5.44. The Kier molecular flexibility index (Phi) is 3.78. The SMILES string of the molecule is Cc1oc2ccccc2c1C(O)c1ccc(Br)c(Cl)c1F. The Balaban J connectivity index is 2.19. The van der Waals surface area contributed by atoms with Gasteiger partial charge in [-0.25, -0.2) is 4.39 Å². The maximum atomic E-state index is 14.3. The minimum Gasteiger partial charge on any atom is -0.461 e. The molecule has 1 heterocycles. The van der Waals surface area contributed by atoms with E-state index in [1.165, 1.54) is 6.07 Å². The van der Waals surface area contributed by atoms with Crippen molar-refractivity contribution in [1.82, 2.24) is 0 Å². The molecular formula is C16H11BrClFO2. The fraction of sp³-hybridized carbons (Fsp3) is 0.125. The molecule has 0 aliphatic rings. The molecule has 2 nitrogen and oxygen atoms in total. The van der Waals surface area contributed by atoms with Crippen molar-refractivity contribution in [3.8, 4) is 0 Å². The number of benzene rings is 2. The topological polar surface area (TPSA) is 33.4 Å². The first kappa shape index (κ1) is 14.6. The predicted octanol–water partition coefficient (Wildman–Crippen LogP) is 5.38. The zero-order valence-electron chi connectivity index (χ0n) is 11.0. The molecule has 0 saturated carbocycles. The molecule has 5 heteroatoms. The predicted molar refractivity (Wildman–Crippen MR) is 84.1 cm³/mol. The van der Waals surface area contributed by atoms with E-state index >= 15 is 0 Å². The number of aryl methyl sites for hydroxylation is 1. The number of fused-ring (bicyclic) bond motifs is 1. The molecule has 3 aromatic rings. The smallest absolute Gasteiger partial charge is 0.149 e. The van der Waals surface area contributed by atoms with Gasteiger partial charge in [-0.1, -0.05) is 35.9 Å². The number of para-hydroxylation sites is 1. The molecule has 0 fully saturated rings. The first-order valence-corrected chi connectivity index (χ1v) is 7.47. The highest BCUT2D eigenvalue weighted by atomic mass is 79.9. The van der Waals surface area contributed by atoms with Gasteiger partial charge in [-0.2, -0.15) is 0 Å². The standard InChI is InChI=1S/C16H11BrClFO2/c1-8-13(9-4-2-3-5-12(9)21-8)16(20)10-6-7-11(17)14(18)15(10)19/h2-7,16,20H,1H3. The van der Waals surface area contributed by atoms with Crippen LogP contribution in [0.3, 0.4) is 0 Å². The van der Waals surface area contributed by atoms with Gasteiger partial charge in [-0.05, 0) is 35.0 Å². The Bertz CT molecular complexity index is 829. The largest absolute Gasteiger partial charge is 0.461 e. The monoisotopic (exact) mass is 368 g/mol. The summed E-state index contributed by atoms with van der Waals surface area (Å²) in [6.07, 6.45) is -1.14. The Morgan fingerprint density at radius 2 is 1.95 bits per heavy atom. The van der Waals surface area contributed by atoms with Crippen LogP contribution in [0.25, 0.3) is 11.0 Å². The van der Waals surface area contributed by atoms with Gasteiger partial charge in [0, 0.05) is 21.0 Å². The Hall–Kier alpha value is -1.36. The van der Waals surface area contributed by atoms with Crippen molar-refractivity contribution < 1.29 is 13.9 Å². The summed E-state index contributed by atoms with van der Waals surface area (Å²) in [7, 11) is 0. The normalized spacial score (nSPS) is 12.8. The molecule has 3 rings (SSSR count). The number of hydrogen-bond donors (Lipinski definition) is 1. The Morgan fingerprint density at radius 3 is 2.71 bits per heavy atom. The van der Waals surface area contributed by atoms with Crippen LogP contribution in [0.15, 0.2) is 45.3 Å². The maximum absolute atomic E-state index is 14.3. The Labute approximate surface area is 134 Å². The minimum absolute atomic E-state index is 0.0444. The fourth-order valence-electron chi connectivity index (χ4n) is 2.44. The zero-order chi connectivity index (χ0) is 15.1. The zero-order valence-corrected chi connectivity index (χ0v) is 13.4. The number of hydrogen-bond acceptors (Lipinski definition) is 2. The average molecular weight is 370 g/mol. The fourth-order valence-corrected chi connectivity index (χ4v) is 2.91. The molecule has 21 heavy (non-hydrogen) atoms. The van der Waals surface area contributed by atoms with Gasteiger partial charge >= 0.3 is 0 Å². The summed E-state index contributed by atoms with van der Waals surface area (Å²) in [5, 5.41) is 11.3. The van der Waals surface area contributed by atoms with Crippen molar-refractivity contribution in [1.29, 1.82) is 0 Å². The molecule has 0 aliphatic heterocycles. The lowest BCUT2D eigenvalue weighted by Gasteiger charge is -2.13. The van der Waals surface area contributed by atoms with Gasteiger partial charge < -0.3 is 9.52 Å². The maximum Gasteiger partial charge on any atom is 0.149 e. The summed E-state index contributed by atoms with van der Waals surface area (Å²) in [4.78, 5) is 0. The van der Waals surface area contributed by atoms with Crippen LogP contribution in [-0.4, -0.2) is 5.11 Å². The van der Waals surface area contributed by atoms with Gasteiger partial charge in [0.05, 0.1) is 5.02 Å². The van der Waals surface area contributed by atoms with E-state index in [-0.39, 0.29) is 10.6 Å². The van der Waals surface area contributed by atoms with Crippen molar-refractivity contribution >= 4 is 38.5 Å². The molecule has 1 atom stereocenters. The highest BCUT2D eigenvalue weighted by molar-refractivity contribution is 9.10. The van der Waals surface area contributed by atoms with Crippen molar-refractivity contribution in [2.24, 2.45) is 0 Å². The summed E-state index contributed by atoms with van der Waals surface area (Å²) in [6.45, 7) is 1.75. The highest BCUT2D eigenvalue weighted by Gasteiger charge is 2.24. The number of rotatable bonds is 2. The van der Waals surface area contributed by atoms with Gasteiger partial charge in [0.1, 0.15) is 23.3 Å². The first-order valence-electron chi connectivity index (χ1n) is 6.30. The van der Waals surface area contributed by atoms with Gasteiger partial charge in [0.25, 0.3) is 0 Å². The van der Waals surface area contributed by atoms with E-state index in [4.69, 9.17) is 16.0 Å². The van der Waals surface area contributed by atoms with Crippen LogP contribution in [0.4, 0.5) is 4.39 Å². The second-order valence-electron chi connectivity index (χ2n) is 4.74. The van der Waals surface area contributed by atoms with Crippen LogP contribution in [0, 0.1) is 12.7 Å². The second-order valence-corrected chi connectivity index (χ2v) is 5.97. The van der Waals surface area contributed by atoms with Gasteiger partial charge in [0.2, 0.25) is 0 Å². The molecular weight excluding hydrogens is 359 g/mol. The van der Waals surface area contributed by atoms with Crippen molar-refractivity contribution in [3.63, 3.8) is 0 Å². The van der Waals surface area contributed by atoms with Crippen molar-refractivity contribution in [2.75, 3.05) is 0 Å². The van der Waals surface area contributed by atoms with Crippen LogP contribution in [-0.2, 0) is 0 Å². The molecule has 0 saturated heterocycles. The van der Waals surface area contributed by atoms with Crippen LogP contribution >= 0.6 is 27.5 Å². The van der Waals surface area contributed by atoms with E-state index in [9.17, 15) is 9.50 Å². The first-order chi connectivity index (χ1) is 10.0. The van der Waals surface area contributed by atoms with Gasteiger partial charge in [0.15, 0.2) is 0 Å². The van der Waals surface area contributed by atoms with Crippen LogP contribution in [0.2, 0.25) is 5.02 Å². The van der Waals surface area contributed by atoms with E-state index in [1.54, 1.807) is 13.0 Å². The third-order valence-electron chi connectivity index (χ3n) is 3.45. The van der Waals surface area contributed by atoms with Crippen molar-refractivity contribution in [2.45, 2.75) is 13.0 Å². The van der Waals surface area contributed by atoms with Crippen molar-refractivity contribution in [3.05, 3.63) is 68.6 Å². The number of furan rings is 1. The summed E-state index contributed by atoms with van der Waals surface area (Å²) in [5.41, 5.74) is 1.34. The molecule has 1 aromatic heterocycles. The van der Waals surface area contributed by atoms with E-state index < -0.39 is 11.9 Å². The lowest BCUT2D eigenvalue weighted by Crippen LogP contribution is -2.04. The summed E-state index contributed by atoms with van der Waals surface area (Å²) in [6, 6.07) is 10.5. The molecule has 1 unspecified atom stereocenters. The number of aliphatic hydroxyl groups is 1. The minimum atomic E-state index is -1.14. The molecule has 1 N–H and O–H groups in total. The third-order valence-corrected chi connectivity index (χ3v) is 4.71. The number of halogens is 3. The Morgan fingerprint density at radius 1 is 1.24 bits per heavy atom. The summed E-state index contributed by atoms with van der Waals surface area (Å²) in [5.74, 6) is -0.0784. The van der Waals surface area contributed by atoms with E-state index in [2.05, 4.69) is 15.9 Å². The van der Waals surface area contributed by atoms with Crippen LogP contribution in [0.5, 0.6) is 0 Å². The van der Waals surface area contributed by atoms with E-state index in [0.717, 1.165) is 5.39 Å². The van der Waals surface area contributed by atoms with E-state index in [0.29, 0.717) is 21.4 Å². The third kappa shape index (κ3) is 2.37. The quantitative estimate of drug-likeness (QED) is 0.615. The average Bonchev–Trinajstić information content (AvgIpc) is 2.80. The summed E-state index contributed by atoms with van der Waals surface area (Å²) >= 11 is 9.05. The summed E-state index contributed by atoms with van der Waals surface area (Å²) < 4.78 is 20.3. The van der Waals surface area contributed by atoms with Crippen LogP contribution in [0.1, 0.15) is 23.0 Å². The molecule has 0 aliphatic carbocycles. The van der Waals surface area contributed by atoms with E-state index in [1.807, 2.05) is 24.3 Å². The highest BCUT2D eigenvalue weighted by Crippen LogP contribution is 2.37. The molecule has 0 bridgehead atoms. The molecule has 0 radical (unpaired) electrons. The number of aliphatic hydroxyl groups excluding tert-OH is 1. The molecule has 0 amide bonds. The molecule has 2 aromatic carbocycles. The van der Waals surface area contributed by atoms with Crippen LogP contribution < -0.4 is 0 Å². The lowest BCUT2D eigenvalue weighted by molar-refractivity contribution is 0.214.